The van der Waals surface area contributed by atoms with Crippen molar-refractivity contribution in [1.29, 1.82) is 0 Å². The van der Waals surface area contributed by atoms with Crippen LogP contribution in [0, 0.1) is 5.82 Å². The fourth-order valence-electron chi connectivity index (χ4n) is 3.70. The molecule has 1 fully saturated rings. The number of nitrogens with zero attached hydrogens (tertiary/aromatic N) is 3. The Hall–Kier alpha value is -3.74. The topological polar surface area (TPSA) is 75.4 Å². The first-order chi connectivity index (χ1) is 14.6. The van der Waals surface area contributed by atoms with Gasteiger partial charge in [-0.2, -0.15) is 0 Å². The van der Waals surface area contributed by atoms with Crippen molar-refractivity contribution in [3.63, 3.8) is 0 Å². The number of carbonyl (C=O) groups is 2. The first kappa shape index (κ1) is 19.6. The second kappa shape index (κ2) is 8.32. The van der Waals surface area contributed by atoms with Crippen LogP contribution < -0.4 is 0 Å². The summed E-state index contributed by atoms with van der Waals surface area (Å²) in [6.07, 6.45) is 5.82. The zero-order valence-electron chi connectivity index (χ0n) is 16.1. The van der Waals surface area contributed by atoms with Crippen molar-refractivity contribution < 1.29 is 19.1 Å². The molecule has 4 rings (SSSR count). The molecular formula is C23H20FN3O3. The summed E-state index contributed by atoms with van der Waals surface area (Å²) in [5, 5.41) is 10.9. The van der Waals surface area contributed by atoms with E-state index in [-0.39, 0.29) is 16.9 Å². The van der Waals surface area contributed by atoms with E-state index >= 15 is 0 Å². The van der Waals surface area contributed by atoms with Crippen LogP contribution in [-0.4, -0.2) is 37.8 Å². The smallest absolute Gasteiger partial charge is 0.295 e. The molecule has 6 nitrogen and oxygen atoms in total. The van der Waals surface area contributed by atoms with Crippen LogP contribution in [-0.2, 0) is 16.1 Å². The maximum Gasteiger partial charge on any atom is 0.295 e. The summed E-state index contributed by atoms with van der Waals surface area (Å²) >= 11 is 0. The predicted molar refractivity (Wildman–Crippen MR) is 109 cm³/mol. The third kappa shape index (κ3) is 3.74. The van der Waals surface area contributed by atoms with Crippen LogP contribution in [0.25, 0.3) is 5.76 Å². The fraction of sp³-hybridized carbons (Fsp3) is 0.174. The van der Waals surface area contributed by atoms with Crippen LogP contribution in [0.4, 0.5) is 4.39 Å². The Morgan fingerprint density at radius 1 is 1.03 bits per heavy atom. The molecule has 7 heteroatoms. The highest BCUT2D eigenvalue weighted by Gasteiger charge is 2.45. The molecule has 0 spiro atoms. The molecule has 0 bridgehead atoms. The molecule has 1 aromatic heterocycles. The summed E-state index contributed by atoms with van der Waals surface area (Å²) in [5.74, 6) is -2.16. The molecule has 1 saturated heterocycles. The highest BCUT2D eigenvalue weighted by atomic mass is 19.1. The summed E-state index contributed by atoms with van der Waals surface area (Å²) in [6.45, 7) is 0.977. The molecule has 3 aromatic rings. The average Bonchev–Trinajstić information content (AvgIpc) is 3.37. The Morgan fingerprint density at radius 3 is 2.43 bits per heavy atom. The van der Waals surface area contributed by atoms with Gasteiger partial charge in [0.05, 0.1) is 17.9 Å². The molecular weight excluding hydrogens is 385 g/mol. The minimum Gasteiger partial charge on any atom is -0.507 e. The number of halogens is 1. The molecule has 0 aliphatic carbocycles. The minimum absolute atomic E-state index is 0.0143. The summed E-state index contributed by atoms with van der Waals surface area (Å²) < 4.78 is 15.2. The molecule has 0 radical (unpaired) electrons. The number of ketones is 1. The molecule has 1 N–H and O–H groups in total. The van der Waals surface area contributed by atoms with Crippen molar-refractivity contribution in [1.82, 2.24) is 14.5 Å². The van der Waals surface area contributed by atoms with Gasteiger partial charge in [-0.05, 0) is 36.2 Å². The lowest BCUT2D eigenvalue weighted by Gasteiger charge is -2.25. The standard InChI is InChI=1S/C23H20FN3O3/c24-18-9-7-17(8-10-18)21(28)19-20(16-5-2-1-3-6-16)27(23(30)22(19)29)13-4-12-26-14-11-25-15-26/h1-3,5-11,14-15,20,28H,4,12-13H2/b21-19-. The third-order valence-electron chi connectivity index (χ3n) is 5.15. The fourth-order valence-corrected chi connectivity index (χ4v) is 3.70. The van der Waals surface area contributed by atoms with Crippen LogP contribution in [0.2, 0.25) is 0 Å². The number of amides is 1. The molecule has 152 valence electrons. The molecule has 2 heterocycles. The predicted octanol–water partition coefficient (Wildman–Crippen LogP) is 3.53. The highest BCUT2D eigenvalue weighted by Crippen LogP contribution is 2.39. The van der Waals surface area contributed by atoms with E-state index in [0.29, 0.717) is 19.5 Å². The normalized spacial score (nSPS) is 18.2. The van der Waals surface area contributed by atoms with Crippen molar-refractivity contribution in [2.75, 3.05) is 6.54 Å². The lowest BCUT2D eigenvalue weighted by atomic mass is 9.95. The summed E-state index contributed by atoms with van der Waals surface area (Å²) in [6, 6.07) is 13.6. The van der Waals surface area contributed by atoms with Gasteiger partial charge in [0.25, 0.3) is 11.7 Å². The second-order valence-corrected chi connectivity index (χ2v) is 7.06. The summed E-state index contributed by atoms with van der Waals surface area (Å²) in [5.41, 5.74) is 1.03. The molecule has 1 unspecified atom stereocenters. The van der Waals surface area contributed by atoms with E-state index in [1.165, 1.54) is 29.2 Å². The molecule has 1 atom stereocenters. The number of aliphatic hydroxyl groups excluding tert-OH is 1. The third-order valence-corrected chi connectivity index (χ3v) is 5.15. The number of aromatic nitrogens is 2. The largest absolute Gasteiger partial charge is 0.507 e. The van der Waals surface area contributed by atoms with E-state index in [0.717, 1.165) is 5.56 Å². The second-order valence-electron chi connectivity index (χ2n) is 7.06. The Bertz CT molecular complexity index is 1080. The molecule has 1 aliphatic rings. The van der Waals surface area contributed by atoms with Crippen LogP contribution in [0.3, 0.4) is 0 Å². The SMILES string of the molecule is O=C1C(=O)N(CCCn2ccnc2)C(c2ccccc2)/C1=C(/O)c1ccc(F)cc1. The Balaban J connectivity index is 1.71. The van der Waals surface area contributed by atoms with Gasteiger partial charge in [-0.25, -0.2) is 9.37 Å². The Kier molecular flexibility index (Phi) is 5.43. The zero-order valence-corrected chi connectivity index (χ0v) is 16.1. The van der Waals surface area contributed by atoms with Gasteiger partial charge in [-0.1, -0.05) is 30.3 Å². The van der Waals surface area contributed by atoms with Gasteiger partial charge in [0, 0.05) is 31.0 Å². The number of rotatable bonds is 6. The molecule has 1 aliphatic heterocycles. The monoisotopic (exact) mass is 405 g/mol. The van der Waals surface area contributed by atoms with E-state index in [9.17, 15) is 19.1 Å². The lowest BCUT2D eigenvalue weighted by molar-refractivity contribution is -0.139. The number of imidazole rings is 1. The summed E-state index contributed by atoms with van der Waals surface area (Å²) in [7, 11) is 0. The molecule has 30 heavy (non-hydrogen) atoms. The first-order valence-corrected chi connectivity index (χ1v) is 9.61. The van der Waals surface area contributed by atoms with Crippen LogP contribution in [0.15, 0.2) is 78.9 Å². The van der Waals surface area contributed by atoms with E-state index in [4.69, 9.17) is 0 Å². The zero-order chi connectivity index (χ0) is 21.1. The van der Waals surface area contributed by atoms with Crippen molar-refractivity contribution in [3.8, 4) is 0 Å². The number of aryl methyl sites for hydroxylation is 1. The highest BCUT2D eigenvalue weighted by molar-refractivity contribution is 6.46. The van der Waals surface area contributed by atoms with E-state index in [1.54, 1.807) is 12.5 Å². The van der Waals surface area contributed by atoms with E-state index in [1.807, 2.05) is 41.1 Å². The van der Waals surface area contributed by atoms with Crippen molar-refractivity contribution in [3.05, 3.63) is 95.8 Å². The molecule has 0 saturated carbocycles. The first-order valence-electron chi connectivity index (χ1n) is 9.61. The molecule has 2 aromatic carbocycles. The Morgan fingerprint density at radius 2 is 1.77 bits per heavy atom. The number of hydrogen-bond donors (Lipinski definition) is 1. The van der Waals surface area contributed by atoms with Crippen LogP contribution >= 0.6 is 0 Å². The van der Waals surface area contributed by atoms with Crippen LogP contribution in [0.5, 0.6) is 0 Å². The van der Waals surface area contributed by atoms with E-state index in [2.05, 4.69) is 4.98 Å². The van der Waals surface area contributed by atoms with Gasteiger partial charge in [0.2, 0.25) is 0 Å². The number of aliphatic hydroxyl groups is 1. The maximum atomic E-state index is 13.3. The lowest BCUT2D eigenvalue weighted by Crippen LogP contribution is -2.31. The van der Waals surface area contributed by atoms with Crippen LogP contribution in [0.1, 0.15) is 23.6 Å². The minimum atomic E-state index is -0.742. The van der Waals surface area contributed by atoms with Gasteiger partial charge in [0.1, 0.15) is 11.6 Å². The quantitative estimate of drug-likeness (QED) is 0.387. The number of Topliss-reactive ketones (excluding diaryl/α,β-unsaturated/α-hetero) is 1. The maximum absolute atomic E-state index is 13.3. The number of hydrogen-bond acceptors (Lipinski definition) is 4. The number of benzene rings is 2. The summed E-state index contributed by atoms with van der Waals surface area (Å²) in [4.78, 5) is 31.2. The number of carbonyl (C=O) groups excluding carboxylic acids is 2. The van der Waals surface area contributed by atoms with Gasteiger partial charge >= 0.3 is 0 Å². The number of likely N-dealkylation sites (tertiary alicyclic amines) is 1. The average molecular weight is 405 g/mol. The van der Waals surface area contributed by atoms with E-state index < -0.39 is 23.5 Å². The van der Waals surface area contributed by atoms with Gasteiger partial charge < -0.3 is 14.6 Å². The van der Waals surface area contributed by atoms with Gasteiger partial charge in [-0.15, -0.1) is 0 Å². The van der Waals surface area contributed by atoms with Gasteiger partial charge in [0.15, 0.2) is 0 Å². The Labute approximate surface area is 172 Å². The van der Waals surface area contributed by atoms with Crippen molar-refractivity contribution in [2.24, 2.45) is 0 Å². The van der Waals surface area contributed by atoms with Gasteiger partial charge in [-0.3, -0.25) is 9.59 Å². The van der Waals surface area contributed by atoms with Crippen molar-refractivity contribution >= 4 is 17.4 Å². The van der Waals surface area contributed by atoms with Crippen molar-refractivity contribution in [2.45, 2.75) is 19.0 Å². The molecule has 1 amide bonds.